The van der Waals surface area contributed by atoms with Crippen LogP contribution in [0.3, 0.4) is 0 Å². The second kappa shape index (κ2) is 9.39. The lowest BCUT2D eigenvalue weighted by Crippen LogP contribution is -2.47. The van der Waals surface area contributed by atoms with E-state index in [2.05, 4.69) is 14.9 Å². The number of nitrogens with one attached hydrogen (secondary N) is 2. The molecule has 3 rings (SSSR count). The largest absolute Gasteiger partial charge is 0.497 e. The molecule has 1 saturated heterocycles. The average molecular weight is 418 g/mol. The van der Waals surface area contributed by atoms with Gasteiger partial charge in [-0.3, -0.25) is 9.69 Å². The predicted molar refractivity (Wildman–Crippen MR) is 113 cm³/mol. The molecule has 1 heterocycles. The van der Waals surface area contributed by atoms with Crippen molar-refractivity contribution in [3.8, 4) is 5.75 Å². The summed E-state index contributed by atoms with van der Waals surface area (Å²) in [6, 6.07) is 16.3. The Kier molecular flexibility index (Phi) is 6.89. The van der Waals surface area contributed by atoms with Crippen LogP contribution in [-0.2, 0) is 14.8 Å². The number of ether oxygens (including phenoxy) is 1. The van der Waals surface area contributed by atoms with E-state index in [1.54, 1.807) is 13.2 Å². The molecule has 1 unspecified atom stereocenters. The van der Waals surface area contributed by atoms with E-state index < -0.39 is 16.1 Å². The predicted octanol–water partition coefficient (Wildman–Crippen LogP) is 2.39. The van der Waals surface area contributed by atoms with E-state index in [4.69, 9.17) is 4.74 Å². The third-order valence-corrected chi connectivity index (χ3v) is 5.74. The number of hydrogen-bond donors (Lipinski definition) is 2. The lowest BCUT2D eigenvalue weighted by molar-refractivity contribution is -0.122. The summed E-state index contributed by atoms with van der Waals surface area (Å²) < 4.78 is 30.9. The summed E-state index contributed by atoms with van der Waals surface area (Å²) in [6.07, 6.45) is 2.49. The van der Waals surface area contributed by atoms with Crippen LogP contribution >= 0.6 is 0 Å². The molecule has 1 aliphatic heterocycles. The Morgan fingerprint density at radius 3 is 2.41 bits per heavy atom. The van der Waals surface area contributed by atoms with Crippen LogP contribution in [0, 0.1) is 0 Å². The highest BCUT2D eigenvalue weighted by atomic mass is 32.2. The summed E-state index contributed by atoms with van der Waals surface area (Å²) in [7, 11) is -1.65. The number of anilines is 1. The van der Waals surface area contributed by atoms with Gasteiger partial charge in [-0.1, -0.05) is 36.4 Å². The summed E-state index contributed by atoms with van der Waals surface area (Å²) >= 11 is 0. The lowest BCUT2D eigenvalue weighted by Gasteiger charge is -2.37. The monoisotopic (exact) mass is 417 g/mol. The maximum Gasteiger partial charge on any atom is 0.246 e. The van der Waals surface area contributed by atoms with Gasteiger partial charge in [0.25, 0.3) is 0 Å². The zero-order chi connectivity index (χ0) is 20.9. The molecule has 1 atom stereocenters. The highest BCUT2D eigenvalue weighted by Crippen LogP contribution is 2.27. The number of carbonyl (C=O) groups is 1. The highest BCUT2D eigenvalue weighted by Gasteiger charge is 2.31. The average Bonchev–Trinajstić information content (AvgIpc) is 2.69. The van der Waals surface area contributed by atoms with Crippen LogP contribution in [-0.4, -0.2) is 51.7 Å². The number of sulfonamides is 1. The third-order valence-electron chi connectivity index (χ3n) is 4.98. The summed E-state index contributed by atoms with van der Waals surface area (Å²) in [6.45, 7) is 1.25. The van der Waals surface area contributed by atoms with Crippen LogP contribution < -0.4 is 14.8 Å². The summed E-state index contributed by atoms with van der Waals surface area (Å²) in [4.78, 5) is 15.3. The molecule has 156 valence electrons. The maximum atomic E-state index is 13.2. The van der Waals surface area contributed by atoms with Crippen LogP contribution in [0.2, 0.25) is 0 Å². The van der Waals surface area contributed by atoms with Crippen molar-refractivity contribution in [1.29, 1.82) is 0 Å². The molecular formula is C21H27N3O4S. The number of amides is 1. The number of hydrogen-bond acceptors (Lipinski definition) is 5. The fraction of sp³-hybridized carbons (Fsp3) is 0.381. The first-order chi connectivity index (χ1) is 13.9. The van der Waals surface area contributed by atoms with Gasteiger partial charge in [0, 0.05) is 30.9 Å². The first kappa shape index (κ1) is 21.3. The normalized spacial score (nSPS) is 16.9. The van der Waals surface area contributed by atoms with Crippen molar-refractivity contribution in [3.63, 3.8) is 0 Å². The first-order valence-corrected chi connectivity index (χ1v) is 11.5. The molecule has 2 N–H and O–H groups in total. The summed E-state index contributed by atoms with van der Waals surface area (Å²) in [5, 5.41) is 2.99. The van der Waals surface area contributed by atoms with Gasteiger partial charge in [-0.2, -0.15) is 0 Å². The van der Waals surface area contributed by atoms with Gasteiger partial charge >= 0.3 is 0 Å². The van der Waals surface area contributed by atoms with E-state index in [1.807, 2.05) is 48.5 Å². The molecule has 2 aromatic rings. The SMILES string of the molecule is COc1cccc(NC(=O)C(c2ccccc2)N2CCC(NS(C)(=O)=O)CC2)c1. The van der Waals surface area contributed by atoms with Gasteiger partial charge in [-0.25, -0.2) is 13.1 Å². The molecular weight excluding hydrogens is 390 g/mol. The smallest absolute Gasteiger partial charge is 0.246 e. The van der Waals surface area contributed by atoms with E-state index in [0.717, 1.165) is 5.56 Å². The van der Waals surface area contributed by atoms with Crippen LogP contribution in [0.4, 0.5) is 5.69 Å². The van der Waals surface area contributed by atoms with E-state index in [-0.39, 0.29) is 11.9 Å². The number of piperidine rings is 1. The van der Waals surface area contributed by atoms with Crippen LogP contribution in [0.15, 0.2) is 54.6 Å². The standard InChI is InChI=1S/C21H27N3O4S/c1-28-19-10-6-9-18(15-19)22-21(25)20(16-7-4-3-5-8-16)24-13-11-17(12-14-24)23-29(2,26)27/h3-10,15,17,20,23H,11-14H2,1-2H3,(H,22,25). The fourth-order valence-corrected chi connectivity index (χ4v) is 4.49. The molecule has 0 aliphatic carbocycles. The Labute approximate surface area is 172 Å². The minimum atomic E-state index is -3.24. The van der Waals surface area contributed by atoms with E-state index in [0.29, 0.717) is 37.4 Å². The summed E-state index contributed by atoms with van der Waals surface area (Å²) in [5.41, 5.74) is 1.58. The zero-order valence-electron chi connectivity index (χ0n) is 16.7. The van der Waals surface area contributed by atoms with Crippen molar-refractivity contribution >= 4 is 21.6 Å². The van der Waals surface area contributed by atoms with Crippen LogP contribution in [0.25, 0.3) is 0 Å². The zero-order valence-corrected chi connectivity index (χ0v) is 17.5. The maximum absolute atomic E-state index is 13.2. The molecule has 0 radical (unpaired) electrons. The number of nitrogens with zero attached hydrogens (tertiary/aromatic N) is 1. The van der Waals surface area contributed by atoms with Gasteiger partial charge in [0.1, 0.15) is 11.8 Å². The van der Waals surface area contributed by atoms with Gasteiger partial charge < -0.3 is 10.1 Å². The van der Waals surface area contributed by atoms with Gasteiger partial charge in [0.2, 0.25) is 15.9 Å². The Morgan fingerprint density at radius 2 is 1.79 bits per heavy atom. The fourth-order valence-electron chi connectivity index (χ4n) is 3.65. The van der Waals surface area contributed by atoms with Crippen molar-refractivity contribution in [3.05, 3.63) is 60.2 Å². The van der Waals surface area contributed by atoms with Gasteiger partial charge in [-0.15, -0.1) is 0 Å². The van der Waals surface area contributed by atoms with Gasteiger partial charge in [-0.05, 0) is 30.5 Å². The van der Waals surface area contributed by atoms with Crippen molar-refractivity contribution in [2.24, 2.45) is 0 Å². The minimum absolute atomic E-state index is 0.0980. The van der Waals surface area contributed by atoms with Crippen LogP contribution in [0.5, 0.6) is 5.75 Å². The van der Waals surface area contributed by atoms with Gasteiger partial charge in [0.15, 0.2) is 0 Å². The third kappa shape index (κ3) is 6.03. The second-order valence-corrected chi connectivity index (χ2v) is 9.01. The molecule has 0 aromatic heterocycles. The molecule has 0 spiro atoms. The molecule has 8 heteroatoms. The van der Waals surface area contributed by atoms with Crippen molar-refractivity contribution in [2.45, 2.75) is 24.9 Å². The molecule has 2 aromatic carbocycles. The molecule has 0 saturated carbocycles. The number of rotatable bonds is 7. The highest BCUT2D eigenvalue weighted by molar-refractivity contribution is 7.88. The van der Waals surface area contributed by atoms with E-state index in [9.17, 15) is 13.2 Å². The van der Waals surface area contributed by atoms with E-state index in [1.165, 1.54) is 6.26 Å². The topological polar surface area (TPSA) is 87.7 Å². The number of carbonyl (C=O) groups excluding carboxylic acids is 1. The number of likely N-dealkylation sites (tertiary alicyclic amines) is 1. The number of benzene rings is 2. The quantitative estimate of drug-likeness (QED) is 0.722. The first-order valence-electron chi connectivity index (χ1n) is 9.57. The Morgan fingerprint density at radius 1 is 1.10 bits per heavy atom. The Balaban J connectivity index is 1.76. The summed E-state index contributed by atoms with van der Waals surface area (Å²) in [5.74, 6) is 0.547. The molecule has 29 heavy (non-hydrogen) atoms. The molecule has 7 nitrogen and oxygen atoms in total. The van der Waals surface area contributed by atoms with Crippen molar-refractivity contribution in [2.75, 3.05) is 31.8 Å². The molecule has 1 aliphatic rings. The number of methoxy groups -OCH3 is 1. The Hall–Kier alpha value is -2.42. The van der Waals surface area contributed by atoms with Crippen molar-refractivity contribution in [1.82, 2.24) is 9.62 Å². The molecule has 1 amide bonds. The van der Waals surface area contributed by atoms with Crippen LogP contribution in [0.1, 0.15) is 24.4 Å². The Bertz CT molecular complexity index is 926. The molecule has 0 bridgehead atoms. The minimum Gasteiger partial charge on any atom is -0.497 e. The second-order valence-electron chi connectivity index (χ2n) is 7.23. The van der Waals surface area contributed by atoms with Gasteiger partial charge in [0.05, 0.1) is 13.4 Å². The van der Waals surface area contributed by atoms with Crippen molar-refractivity contribution < 1.29 is 17.9 Å². The molecule has 1 fully saturated rings. The lowest BCUT2D eigenvalue weighted by atomic mass is 9.99. The van der Waals surface area contributed by atoms with E-state index >= 15 is 0 Å².